The Morgan fingerprint density at radius 3 is 2.41 bits per heavy atom. The number of nitrogens with zero attached hydrogens (tertiary/aromatic N) is 2. The van der Waals surface area contributed by atoms with Crippen molar-refractivity contribution in [2.75, 3.05) is 32.0 Å². The number of methoxy groups -OCH3 is 3. The number of aromatic nitrogens is 2. The molecule has 2 aromatic carbocycles. The molecule has 0 aliphatic carbocycles. The van der Waals surface area contributed by atoms with E-state index in [1.54, 1.807) is 44.6 Å². The lowest BCUT2D eigenvalue weighted by molar-refractivity contribution is 0.0602. The zero-order valence-electron chi connectivity index (χ0n) is 16.6. The van der Waals surface area contributed by atoms with Gasteiger partial charge in [0.1, 0.15) is 17.3 Å². The van der Waals surface area contributed by atoms with Gasteiger partial charge >= 0.3 is 5.97 Å². The highest BCUT2D eigenvalue weighted by Gasteiger charge is 2.13. The van der Waals surface area contributed by atoms with Gasteiger partial charge in [-0.3, -0.25) is 0 Å². The molecule has 3 rings (SSSR count). The van der Waals surface area contributed by atoms with E-state index < -0.39 is 5.97 Å². The number of ether oxygens (including phenoxy) is 3. The summed E-state index contributed by atoms with van der Waals surface area (Å²) in [5.41, 5.74) is 2.44. The quantitative estimate of drug-likeness (QED) is 0.579. The topological polar surface area (TPSA) is 94.6 Å². The number of benzene rings is 2. The zero-order chi connectivity index (χ0) is 20.8. The predicted octanol–water partition coefficient (Wildman–Crippen LogP) is 4.08. The molecule has 2 N–H and O–H groups in total. The zero-order valence-corrected chi connectivity index (χ0v) is 16.6. The number of carbonyl (C=O) groups excluding carboxylic acids is 1. The molecular formula is C21H22N4O4. The Balaban J connectivity index is 1.89. The maximum atomic E-state index is 12.0. The number of esters is 1. The van der Waals surface area contributed by atoms with Crippen molar-refractivity contribution in [1.29, 1.82) is 0 Å². The van der Waals surface area contributed by atoms with Crippen molar-refractivity contribution in [3.05, 3.63) is 59.8 Å². The van der Waals surface area contributed by atoms with E-state index >= 15 is 0 Å². The fourth-order valence-electron chi connectivity index (χ4n) is 2.73. The molecule has 0 spiro atoms. The van der Waals surface area contributed by atoms with Crippen molar-refractivity contribution in [3.63, 3.8) is 0 Å². The van der Waals surface area contributed by atoms with Crippen LogP contribution in [-0.2, 0) is 4.74 Å². The minimum atomic E-state index is -0.430. The molecule has 0 fully saturated rings. The van der Waals surface area contributed by atoms with Crippen molar-refractivity contribution < 1.29 is 19.0 Å². The minimum absolute atomic E-state index is 0.381. The first-order valence-electron chi connectivity index (χ1n) is 8.83. The van der Waals surface area contributed by atoms with E-state index in [4.69, 9.17) is 14.2 Å². The molecule has 0 radical (unpaired) electrons. The monoisotopic (exact) mass is 394 g/mol. The van der Waals surface area contributed by atoms with Crippen LogP contribution in [0.25, 0.3) is 0 Å². The second kappa shape index (κ2) is 8.92. The molecule has 8 nitrogen and oxygen atoms in total. The highest BCUT2D eigenvalue weighted by molar-refractivity contribution is 5.96. The summed E-state index contributed by atoms with van der Waals surface area (Å²) in [5.74, 6) is 1.76. The summed E-state index contributed by atoms with van der Waals surface area (Å²) in [6, 6.07) is 14.2. The predicted molar refractivity (Wildman–Crippen MR) is 111 cm³/mol. The van der Waals surface area contributed by atoms with E-state index in [9.17, 15) is 4.79 Å². The van der Waals surface area contributed by atoms with Crippen LogP contribution < -0.4 is 20.1 Å². The third-order valence-electron chi connectivity index (χ3n) is 4.10. The average Bonchev–Trinajstić information content (AvgIpc) is 2.73. The van der Waals surface area contributed by atoms with Gasteiger partial charge in [0.15, 0.2) is 0 Å². The summed E-state index contributed by atoms with van der Waals surface area (Å²) >= 11 is 0. The number of hydrogen-bond donors (Lipinski definition) is 2. The summed E-state index contributed by atoms with van der Waals surface area (Å²) in [6.07, 6.45) is 0. The maximum Gasteiger partial charge on any atom is 0.339 e. The first-order valence-corrected chi connectivity index (χ1v) is 8.83. The van der Waals surface area contributed by atoms with Crippen LogP contribution >= 0.6 is 0 Å². The first kappa shape index (κ1) is 19.9. The van der Waals surface area contributed by atoms with Crippen molar-refractivity contribution in [1.82, 2.24) is 9.97 Å². The van der Waals surface area contributed by atoms with Crippen LogP contribution in [0.2, 0.25) is 0 Å². The van der Waals surface area contributed by atoms with Crippen molar-refractivity contribution >= 4 is 29.1 Å². The molecule has 0 saturated heterocycles. The van der Waals surface area contributed by atoms with Crippen LogP contribution in [-0.4, -0.2) is 37.3 Å². The summed E-state index contributed by atoms with van der Waals surface area (Å²) in [7, 11) is 4.52. The van der Waals surface area contributed by atoms with E-state index in [-0.39, 0.29) is 0 Å². The summed E-state index contributed by atoms with van der Waals surface area (Å²) in [5, 5.41) is 6.31. The molecule has 1 heterocycles. The highest BCUT2D eigenvalue weighted by atomic mass is 16.5. The van der Waals surface area contributed by atoms with Crippen LogP contribution in [0.15, 0.2) is 48.5 Å². The number of para-hydroxylation sites is 1. The molecular weight excluding hydrogens is 372 g/mol. The summed E-state index contributed by atoms with van der Waals surface area (Å²) in [6.45, 7) is 1.86. The van der Waals surface area contributed by atoms with Crippen molar-refractivity contribution in [2.24, 2.45) is 0 Å². The van der Waals surface area contributed by atoms with Gasteiger partial charge in [0, 0.05) is 17.8 Å². The van der Waals surface area contributed by atoms with Gasteiger partial charge in [-0.15, -0.1) is 0 Å². The number of anilines is 4. The Labute approximate surface area is 168 Å². The lowest BCUT2D eigenvalue weighted by atomic mass is 10.2. The van der Waals surface area contributed by atoms with Gasteiger partial charge in [-0.1, -0.05) is 12.1 Å². The lowest BCUT2D eigenvalue weighted by Gasteiger charge is -2.14. The molecule has 0 saturated carbocycles. The molecule has 0 aliphatic heterocycles. The Hall–Kier alpha value is -3.81. The smallest absolute Gasteiger partial charge is 0.339 e. The molecule has 8 heteroatoms. The Morgan fingerprint density at radius 2 is 1.69 bits per heavy atom. The fourth-order valence-corrected chi connectivity index (χ4v) is 2.73. The number of aryl methyl sites for hydroxylation is 1. The summed E-state index contributed by atoms with van der Waals surface area (Å²) in [4.78, 5) is 20.9. The van der Waals surface area contributed by atoms with Gasteiger partial charge in [-0.05, 0) is 31.2 Å². The van der Waals surface area contributed by atoms with E-state index in [2.05, 4.69) is 20.6 Å². The molecule has 0 aliphatic rings. The normalized spacial score (nSPS) is 10.2. The maximum absolute atomic E-state index is 12.0. The van der Waals surface area contributed by atoms with Crippen LogP contribution in [0.5, 0.6) is 11.5 Å². The number of carbonyl (C=O) groups is 1. The van der Waals surface area contributed by atoms with Crippen molar-refractivity contribution in [3.8, 4) is 11.5 Å². The van der Waals surface area contributed by atoms with Gasteiger partial charge in [-0.25, -0.2) is 9.78 Å². The third-order valence-corrected chi connectivity index (χ3v) is 4.10. The minimum Gasteiger partial charge on any atom is -0.497 e. The Morgan fingerprint density at radius 1 is 0.897 bits per heavy atom. The van der Waals surface area contributed by atoms with Crippen LogP contribution in [0.4, 0.5) is 23.1 Å². The van der Waals surface area contributed by atoms with E-state index in [0.29, 0.717) is 40.2 Å². The first-order chi connectivity index (χ1) is 14.0. The van der Waals surface area contributed by atoms with Gasteiger partial charge < -0.3 is 24.8 Å². The average molecular weight is 394 g/mol. The molecule has 0 unspecified atom stereocenters. The molecule has 150 valence electrons. The molecule has 0 amide bonds. The van der Waals surface area contributed by atoms with Gasteiger partial charge in [0.25, 0.3) is 0 Å². The van der Waals surface area contributed by atoms with E-state index in [1.807, 2.05) is 25.1 Å². The molecule has 0 bridgehead atoms. The molecule has 29 heavy (non-hydrogen) atoms. The largest absolute Gasteiger partial charge is 0.497 e. The number of hydrogen-bond acceptors (Lipinski definition) is 8. The Kier molecular flexibility index (Phi) is 6.13. The highest BCUT2D eigenvalue weighted by Crippen LogP contribution is 2.31. The molecule has 3 aromatic rings. The van der Waals surface area contributed by atoms with Crippen LogP contribution in [0.3, 0.4) is 0 Å². The standard InChI is InChI=1S/C21H22N4O4/c1-13-11-19(23-16-8-6-5-7-15(16)20(26)29-4)25-21(22-13)24-17-10-9-14(27-2)12-18(17)28-3/h5-12H,1-4H3,(H2,22,23,24,25). The third kappa shape index (κ3) is 4.73. The van der Waals surface area contributed by atoms with Gasteiger partial charge in [0.2, 0.25) is 5.95 Å². The van der Waals surface area contributed by atoms with Gasteiger partial charge in [0.05, 0.1) is 38.3 Å². The SMILES string of the molecule is COC(=O)c1ccccc1Nc1cc(C)nc(Nc2ccc(OC)cc2OC)n1. The van der Waals surface area contributed by atoms with Crippen LogP contribution in [0.1, 0.15) is 16.1 Å². The van der Waals surface area contributed by atoms with E-state index in [0.717, 1.165) is 5.69 Å². The van der Waals surface area contributed by atoms with Gasteiger partial charge in [-0.2, -0.15) is 4.98 Å². The molecule has 1 aromatic heterocycles. The summed E-state index contributed by atoms with van der Waals surface area (Å²) < 4.78 is 15.5. The molecule has 0 atom stereocenters. The number of nitrogens with one attached hydrogen (secondary N) is 2. The number of rotatable bonds is 7. The van der Waals surface area contributed by atoms with E-state index in [1.165, 1.54) is 7.11 Å². The Bertz CT molecular complexity index is 1020. The van der Waals surface area contributed by atoms with Crippen molar-refractivity contribution in [2.45, 2.75) is 6.92 Å². The second-order valence-corrected chi connectivity index (χ2v) is 6.07. The fraction of sp³-hybridized carbons (Fsp3) is 0.190. The second-order valence-electron chi connectivity index (χ2n) is 6.07. The van der Waals surface area contributed by atoms with Crippen LogP contribution in [0, 0.1) is 6.92 Å². The lowest BCUT2D eigenvalue weighted by Crippen LogP contribution is -2.07.